The molecule has 1 aromatic heterocycles. The van der Waals surface area contributed by atoms with E-state index in [-0.39, 0.29) is 11.4 Å². The number of halogens is 1. The first-order chi connectivity index (χ1) is 12.6. The molecular weight excluding hydrogens is 333 g/mol. The molecular formula is C21H20FNO3. The third kappa shape index (κ3) is 3.63. The van der Waals surface area contributed by atoms with Crippen LogP contribution in [0.25, 0.3) is 11.0 Å². The predicted octanol–water partition coefficient (Wildman–Crippen LogP) is 4.11. The maximum atomic E-state index is 13.2. The molecule has 1 aliphatic rings. The molecule has 1 fully saturated rings. The van der Waals surface area contributed by atoms with Gasteiger partial charge < -0.3 is 9.15 Å². The van der Waals surface area contributed by atoms with Crippen molar-refractivity contribution in [3.63, 3.8) is 0 Å². The summed E-state index contributed by atoms with van der Waals surface area (Å²) in [5.74, 6) is 0.426. The Morgan fingerprint density at radius 3 is 2.58 bits per heavy atom. The lowest BCUT2D eigenvalue weighted by atomic mass is 10.1. The molecule has 26 heavy (non-hydrogen) atoms. The van der Waals surface area contributed by atoms with Crippen LogP contribution in [0.1, 0.15) is 24.0 Å². The van der Waals surface area contributed by atoms with Crippen LogP contribution in [0.2, 0.25) is 0 Å². The molecule has 0 atom stereocenters. The van der Waals surface area contributed by atoms with Crippen molar-refractivity contribution in [2.45, 2.75) is 32.0 Å². The van der Waals surface area contributed by atoms with Crippen molar-refractivity contribution in [1.29, 1.82) is 0 Å². The van der Waals surface area contributed by atoms with Gasteiger partial charge in [-0.2, -0.15) is 0 Å². The normalized spacial score (nSPS) is 14.1. The summed E-state index contributed by atoms with van der Waals surface area (Å²) in [4.78, 5) is 14.3. The van der Waals surface area contributed by atoms with E-state index in [0.717, 1.165) is 35.9 Å². The van der Waals surface area contributed by atoms with Gasteiger partial charge in [0.15, 0.2) is 0 Å². The Kier molecular flexibility index (Phi) is 4.47. The van der Waals surface area contributed by atoms with Crippen LogP contribution in [0.15, 0.2) is 57.7 Å². The SMILES string of the molecule is COc1ccc2c(CN(Cc3ccc(F)cc3)C3CC3)cc(=O)oc2c1. The lowest BCUT2D eigenvalue weighted by molar-refractivity contribution is 0.246. The Bertz CT molecular complexity index is 977. The van der Waals surface area contributed by atoms with Gasteiger partial charge in [0.2, 0.25) is 0 Å². The number of methoxy groups -OCH3 is 1. The van der Waals surface area contributed by atoms with Crippen LogP contribution < -0.4 is 10.4 Å². The van der Waals surface area contributed by atoms with Gasteiger partial charge in [0.1, 0.15) is 17.1 Å². The van der Waals surface area contributed by atoms with E-state index in [9.17, 15) is 9.18 Å². The molecule has 4 nitrogen and oxygen atoms in total. The maximum absolute atomic E-state index is 13.2. The van der Waals surface area contributed by atoms with Gasteiger partial charge in [-0.05, 0) is 48.2 Å². The Labute approximate surface area is 150 Å². The minimum absolute atomic E-state index is 0.229. The minimum atomic E-state index is -0.363. The third-order valence-electron chi connectivity index (χ3n) is 4.77. The van der Waals surface area contributed by atoms with Crippen molar-refractivity contribution >= 4 is 11.0 Å². The van der Waals surface area contributed by atoms with Crippen LogP contribution in [0.5, 0.6) is 5.75 Å². The average Bonchev–Trinajstić information content (AvgIpc) is 3.47. The summed E-state index contributed by atoms with van der Waals surface area (Å²) >= 11 is 0. The fourth-order valence-electron chi connectivity index (χ4n) is 3.26. The van der Waals surface area contributed by atoms with Gasteiger partial charge in [-0.15, -0.1) is 0 Å². The topological polar surface area (TPSA) is 42.7 Å². The second-order valence-corrected chi connectivity index (χ2v) is 6.72. The van der Waals surface area contributed by atoms with Gasteiger partial charge in [-0.1, -0.05) is 12.1 Å². The molecule has 0 N–H and O–H groups in total. The first-order valence-corrected chi connectivity index (χ1v) is 8.71. The number of hydrogen-bond acceptors (Lipinski definition) is 4. The quantitative estimate of drug-likeness (QED) is 0.626. The highest BCUT2D eigenvalue weighted by Gasteiger charge is 2.29. The number of hydrogen-bond donors (Lipinski definition) is 0. The summed E-state index contributed by atoms with van der Waals surface area (Å²) in [5, 5.41) is 0.912. The largest absolute Gasteiger partial charge is 0.497 e. The van der Waals surface area contributed by atoms with Crippen molar-refractivity contribution in [2.24, 2.45) is 0 Å². The fourth-order valence-corrected chi connectivity index (χ4v) is 3.26. The predicted molar refractivity (Wildman–Crippen MR) is 97.7 cm³/mol. The molecule has 4 rings (SSSR count). The number of rotatable bonds is 6. The molecule has 0 saturated heterocycles. The molecule has 1 saturated carbocycles. The van der Waals surface area contributed by atoms with Crippen molar-refractivity contribution < 1.29 is 13.5 Å². The summed E-state index contributed by atoms with van der Waals surface area (Å²) in [6.45, 7) is 1.37. The van der Waals surface area contributed by atoms with Crippen LogP contribution >= 0.6 is 0 Å². The van der Waals surface area contributed by atoms with Crippen LogP contribution in [-0.2, 0) is 13.1 Å². The van der Waals surface area contributed by atoms with Crippen LogP contribution in [0.3, 0.4) is 0 Å². The summed E-state index contributed by atoms with van der Waals surface area (Å²) in [6.07, 6.45) is 2.29. The van der Waals surface area contributed by atoms with Crippen molar-refractivity contribution in [3.8, 4) is 5.75 Å². The zero-order valence-corrected chi connectivity index (χ0v) is 14.6. The number of fused-ring (bicyclic) bond motifs is 1. The highest BCUT2D eigenvalue weighted by molar-refractivity contribution is 5.81. The molecule has 0 unspecified atom stereocenters. The van der Waals surface area contributed by atoms with E-state index in [4.69, 9.17) is 9.15 Å². The van der Waals surface area contributed by atoms with Crippen LogP contribution in [0.4, 0.5) is 4.39 Å². The van der Waals surface area contributed by atoms with Gasteiger partial charge in [0, 0.05) is 36.7 Å². The first kappa shape index (κ1) is 16.8. The van der Waals surface area contributed by atoms with Crippen LogP contribution in [-0.4, -0.2) is 18.1 Å². The fraction of sp³-hybridized carbons (Fsp3) is 0.286. The lowest BCUT2D eigenvalue weighted by Gasteiger charge is -2.22. The molecule has 0 radical (unpaired) electrons. The number of benzene rings is 2. The van der Waals surface area contributed by atoms with E-state index in [1.54, 1.807) is 19.2 Å². The smallest absolute Gasteiger partial charge is 0.336 e. The first-order valence-electron chi connectivity index (χ1n) is 8.71. The second kappa shape index (κ2) is 6.92. The molecule has 3 aromatic rings. The third-order valence-corrected chi connectivity index (χ3v) is 4.77. The number of nitrogens with zero attached hydrogens (tertiary/aromatic N) is 1. The van der Waals surface area contributed by atoms with Crippen molar-refractivity contribution in [2.75, 3.05) is 7.11 Å². The minimum Gasteiger partial charge on any atom is -0.497 e. The van der Waals surface area contributed by atoms with Crippen molar-refractivity contribution in [1.82, 2.24) is 4.90 Å². The van der Waals surface area contributed by atoms with E-state index in [2.05, 4.69) is 4.90 Å². The van der Waals surface area contributed by atoms with E-state index in [0.29, 0.717) is 23.9 Å². The molecule has 2 aromatic carbocycles. The number of ether oxygens (including phenoxy) is 1. The molecule has 134 valence electrons. The Morgan fingerprint density at radius 2 is 1.88 bits per heavy atom. The summed E-state index contributed by atoms with van der Waals surface area (Å²) in [6, 6.07) is 14.2. The Hall–Kier alpha value is -2.66. The standard InChI is InChI=1S/C21H20FNO3/c1-25-18-8-9-19-15(10-21(24)26-20(19)11-18)13-23(17-6-7-17)12-14-2-4-16(22)5-3-14/h2-5,8-11,17H,6-7,12-13H2,1H3. The summed E-state index contributed by atoms with van der Waals surface area (Å²) in [5.41, 5.74) is 2.17. The average molecular weight is 353 g/mol. The van der Waals surface area contributed by atoms with E-state index in [1.807, 2.05) is 24.3 Å². The highest BCUT2D eigenvalue weighted by Crippen LogP contribution is 2.31. The highest BCUT2D eigenvalue weighted by atomic mass is 19.1. The van der Waals surface area contributed by atoms with Gasteiger partial charge in [0.25, 0.3) is 0 Å². The second-order valence-electron chi connectivity index (χ2n) is 6.72. The molecule has 0 amide bonds. The molecule has 0 spiro atoms. The Balaban J connectivity index is 1.65. The zero-order valence-electron chi connectivity index (χ0n) is 14.6. The molecule has 1 heterocycles. The molecule has 1 aliphatic carbocycles. The van der Waals surface area contributed by atoms with Gasteiger partial charge >= 0.3 is 5.63 Å². The monoisotopic (exact) mass is 353 g/mol. The van der Waals surface area contributed by atoms with E-state index in [1.165, 1.54) is 12.1 Å². The van der Waals surface area contributed by atoms with Gasteiger partial charge in [0.05, 0.1) is 7.11 Å². The van der Waals surface area contributed by atoms with E-state index < -0.39 is 0 Å². The molecule has 5 heteroatoms. The lowest BCUT2D eigenvalue weighted by Crippen LogP contribution is -2.25. The van der Waals surface area contributed by atoms with E-state index >= 15 is 0 Å². The van der Waals surface area contributed by atoms with Crippen molar-refractivity contribution in [3.05, 3.63) is 75.9 Å². The van der Waals surface area contributed by atoms with Gasteiger partial charge in [-0.3, -0.25) is 4.90 Å². The summed E-state index contributed by atoms with van der Waals surface area (Å²) < 4.78 is 23.7. The maximum Gasteiger partial charge on any atom is 0.336 e. The molecule has 0 aliphatic heterocycles. The zero-order chi connectivity index (χ0) is 18.1. The molecule has 0 bridgehead atoms. The summed E-state index contributed by atoms with van der Waals surface area (Å²) in [7, 11) is 1.58. The Morgan fingerprint density at radius 1 is 1.12 bits per heavy atom. The van der Waals surface area contributed by atoms with Gasteiger partial charge in [-0.25, -0.2) is 9.18 Å². The van der Waals surface area contributed by atoms with Crippen LogP contribution in [0, 0.1) is 5.82 Å².